The molecular formula is C6Br2F5P. The molecule has 0 heterocycles. The number of halogens is 7. The Labute approximate surface area is 92.7 Å². The Kier molecular flexibility index (Phi) is 3.88. The van der Waals surface area contributed by atoms with Crippen LogP contribution in [0.15, 0.2) is 0 Å². The van der Waals surface area contributed by atoms with Crippen LogP contribution in [0.5, 0.6) is 0 Å². The Bertz CT molecular complexity index is 352. The molecule has 0 N–H and O–H groups in total. The molecule has 0 atom stereocenters. The second-order valence-corrected chi connectivity index (χ2v) is 10.2. The average molecular weight is 358 g/mol. The molecule has 0 radical (unpaired) electrons. The molecule has 1 rings (SSSR count). The van der Waals surface area contributed by atoms with Crippen LogP contribution in [0, 0.1) is 29.1 Å². The van der Waals surface area contributed by atoms with E-state index in [0.717, 1.165) is 0 Å². The van der Waals surface area contributed by atoms with E-state index < -0.39 is 39.7 Å². The highest BCUT2D eigenvalue weighted by molar-refractivity contribution is 9.70. The monoisotopic (exact) mass is 356 g/mol. The van der Waals surface area contributed by atoms with Crippen LogP contribution < -0.4 is 5.30 Å². The fourth-order valence-electron chi connectivity index (χ4n) is 0.742. The lowest BCUT2D eigenvalue weighted by Gasteiger charge is -2.07. The van der Waals surface area contributed by atoms with Gasteiger partial charge in [-0.05, 0) is 31.0 Å². The van der Waals surface area contributed by atoms with E-state index in [-0.39, 0.29) is 0 Å². The number of benzene rings is 1. The molecule has 1 aromatic rings. The van der Waals surface area contributed by atoms with Crippen LogP contribution in [-0.4, -0.2) is 0 Å². The molecule has 14 heavy (non-hydrogen) atoms. The lowest BCUT2D eigenvalue weighted by Crippen LogP contribution is -2.16. The summed E-state index contributed by atoms with van der Waals surface area (Å²) in [6.07, 6.45) is 0. The molecule has 0 spiro atoms. The van der Waals surface area contributed by atoms with Crippen LogP contribution in [0.3, 0.4) is 0 Å². The van der Waals surface area contributed by atoms with Crippen molar-refractivity contribution >= 4 is 41.6 Å². The predicted octanol–water partition coefficient (Wildman–Crippen LogP) is 4.11. The van der Waals surface area contributed by atoms with E-state index in [2.05, 4.69) is 31.0 Å². The minimum Gasteiger partial charge on any atom is -0.203 e. The van der Waals surface area contributed by atoms with Gasteiger partial charge < -0.3 is 0 Å². The van der Waals surface area contributed by atoms with Gasteiger partial charge >= 0.3 is 0 Å². The Balaban J connectivity index is 3.60. The molecule has 0 aliphatic carbocycles. The summed E-state index contributed by atoms with van der Waals surface area (Å²) in [4.78, 5) is 0. The zero-order valence-electron chi connectivity index (χ0n) is 6.09. The van der Waals surface area contributed by atoms with E-state index in [4.69, 9.17) is 0 Å². The smallest absolute Gasteiger partial charge is 0.200 e. The quantitative estimate of drug-likeness (QED) is 0.307. The maximum Gasteiger partial charge on any atom is 0.200 e. The number of hydrogen-bond acceptors (Lipinski definition) is 0. The van der Waals surface area contributed by atoms with Crippen LogP contribution in [0.25, 0.3) is 0 Å². The summed E-state index contributed by atoms with van der Waals surface area (Å²) < 4.78 is 63.4. The standard InChI is InChI=1S/C6Br2F5P/c7-14(8)6-4(12)2(10)1(9)3(11)5(6)13. The summed E-state index contributed by atoms with van der Waals surface area (Å²) in [5, 5.41) is -2.63. The highest BCUT2D eigenvalue weighted by Gasteiger charge is 2.28. The second kappa shape index (κ2) is 4.41. The van der Waals surface area contributed by atoms with Gasteiger partial charge in [0.15, 0.2) is 23.3 Å². The first-order chi connectivity index (χ1) is 6.37. The van der Waals surface area contributed by atoms with Crippen LogP contribution in [0.2, 0.25) is 0 Å². The van der Waals surface area contributed by atoms with Gasteiger partial charge in [-0.2, -0.15) is 0 Å². The van der Waals surface area contributed by atoms with E-state index >= 15 is 0 Å². The van der Waals surface area contributed by atoms with Crippen molar-refractivity contribution in [2.75, 3.05) is 0 Å². The van der Waals surface area contributed by atoms with Crippen molar-refractivity contribution < 1.29 is 22.0 Å². The highest BCUT2D eigenvalue weighted by Crippen LogP contribution is 2.52. The van der Waals surface area contributed by atoms with Crippen LogP contribution in [0.1, 0.15) is 0 Å². The van der Waals surface area contributed by atoms with Gasteiger partial charge in [-0.3, -0.25) is 0 Å². The second-order valence-electron chi connectivity index (χ2n) is 2.15. The minimum absolute atomic E-state index is 0.878. The van der Waals surface area contributed by atoms with Crippen molar-refractivity contribution in [3.8, 4) is 0 Å². The third-order valence-electron chi connectivity index (χ3n) is 1.36. The molecule has 78 valence electrons. The Morgan fingerprint density at radius 1 is 0.643 bits per heavy atom. The molecule has 1 aromatic carbocycles. The Hall–Kier alpha value is 0.260. The number of hydrogen-bond donors (Lipinski definition) is 0. The third kappa shape index (κ3) is 1.95. The van der Waals surface area contributed by atoms with Crippen molar-refractivity contribution in [3.05, 3.63) is 29.1 Å². The van der Waals surface area contributed by atoms with Gasteiger partial charge in [0.05, 0.1) is 10.6 Å². The highest BCUT2D eigenvalue weighted by atomic mass is 79.9. The molecule has 0 unspecified atom stereocenters. The fraction of sp³-hybridized carbons (Fsp3) is 0. The largest absolute Gasteiger partial charge is 0.203 e. The summed E-state index contributed by atoms with van der Waals surface area (Å²) in [5.74, 6) is -9.67. The van der Waals surface area contributed by atoms with Crippen molar-refractivity contribution in [2.24, 2.45) is 0 Å². The van der Waals surface area contributed by atoms with Crippen molar-refractivity contribution in [2.45, 2.75) is 0 Å². The predicted molar refractivity (Wildman–Crippen MR) is 50.6 cm³/mol. The zero-order chi connectivity index (χ0) is 11.0. The van der Waals surface area contributed by atoms with Crippen LogP contribution in [-0.2, 0) is 0 Å². The summed E-state index contributed by atoms with van der Waals surface area (Å²) in [7, 11) is 0. The van der Waals surface area contributed by atoms with Gasteiger partial charge in [-0.15, -0.1) is 0 Å². The van der Waals surface area contributed by atoms with E-state index in [0.29, 0.717) is 0 Å². The summed E-state index contributed by atoms with van der Waals surface area (Å²) in [5.41, 5.74) is 0. The van der Waals surface area contributed by atoms with Crippen molar-refractivity contribution in [3.63, 3.8) is 0 Å². The SMILES string of the molecule is Fc1c(F)c(F)c(P(Br)Br)c(F)c1F. The van der Waals surface area contributed by atoms with Gasteiger partial charge in [0.25, 0.3) is 0 Å². The molecule has 0 bridgehead atoms. The molecule has 8 heteroatoms. The van der Waals surface area contributed by atoms with Crippen molar-refractivity contribution in [1.82, 2.24) is 0 Å². The first-order valence-electron chi connectivity index (χ1n) is 3.01. The van der Waals surface area contributed by atoms with Gasteiger partial charge in [0.2, 0.25) is 5.82 Å². The van der Waals surface area contributed by atoms with Gasteiger partial charge in [0, 0.05) is 0 Å². The molecule has 0 amide bonds. The van der Waals surface area contributed by atoms with E-state index in [1.165, 1.54) is 0 Å². The first-order valence-corrected chi connectivity index (χ1v) is 8.39. The normalized spacial score (nSPS) is 11.1. The molecule has 0 aliphatic rings. The zero-order valence-corrected chi connectivity index (χ0v) is 10.2. The summed E-state index contributed by atoms with van der Waals surface area (Å²) in [6.45, 7) is 0. The van der Waals surface area contributed by atoms with Crippen molar-refractivity contribution in [1.29, 1.82) is 0 Å². The maximum absolute atomic E-state index is 12.9. The topological polar surface area (TPSA) is 0 Å². The third-order valence-corrected chi connectivity index (χ3v) is 4.21. The summed E-state index contributed by atoms with van der Waals surface area (Å²) in [6, 6.07) is 0. The molecule has 0 aromatic heterocycles. The van der Waals surface area contributed by atoms with E-state index in [9.17, 15) is 22.0 Å². The summed E-state index contributed by atoms with van der Waals surface area (Å²) >= 11 is 5.45. The van der Waals surface area contributed by atoms with E-state index in [1.54, 1.807) is 0 Å². The molecule has 0 saturated carbocycles. The molecule has 0 saturated heterocycles. The Morgan fingerprint density at radius 2 is 0.929 bits per heavy atom. The molecule has 0 fully saturated rings. The molecule has 0 aliphatic heterocycles. The average Bonchev–Trinajstić information content (AvgIpc) is 2.11. The van der Waals surface area contributed by atoms with Gasteiger partial charge in [-0.25, -0.2) is 22.0 Å². The fourth-order valence-corrected chi connectivity index (χ4v) is 3.10. The van der Waals surface area contributed by atoms with Crippen LogP contribution >= 0.6 is 36.3 Å². The lowest BCUT2D eigenvalue weighted by molar-refractivity contribution is 0.384. The number of rotatable bonds is 1. The van der Waals surface area contributed by atoms with E-state index in [1.807, 2.05) is 0 Å². The maximum atomic E-state index is 12.9. The Morgan fingerprint density at radius 3 is 1.21 bits per heavy atom. The first kappa shape index (κ1) is 12.3. The molecular weight excluding hydrogens is 358 g/mol. The minimum atomic E-state index is -2.15. The van der Waals surface area contributed by atoms with Crippen LogP contribution in [0.4, 0.5) is 22.0 Å². The van der Waals surface area contributed by atoms with Gasteiger partial charge in [-0.1, -0.05) is 0 Å². The van der Waals surface area contributed by atoms with Gasteiger partial charge in [0.1, 0.15) is 0 Å². The molecule has 0 nitrogen and oxygen atoms in total. The lowest BCUT2D eigenvalue weighted by atomic mass is 10.3.